The van der Waals surface area contributed by atoms with E-state index < -0.39 is 52.7 Å². The Balaban J connectivity index is 1.46. The number of aliphatic carboxylic acids is 2. The monoisotopic (exact) mass is 731 g/mol. The molecule has 2 atom stereocenters. The predicted octanol–water partition coefficient (Wildman–Crippen LogP) is -0.951. The lowest BCUT2D eigenvalue weighted by Gasteiger charge is -2.50. The molecule has 0 aromatic carbocycles. The molecule has 2 aliphatic heterocycles. The average molecular weight is 732 g/mol. The van der Waals surface area contributed by atoms with E-state index in [9.17, 15) is 39.0 Å². The molecule has 5 N–H and O–H groups in total. The van der Waals surface area contributed by atoms with Crippen molar-refractivity contribution in [1.29, 1.82) is 0 Å². The van der Waals surface area contributed by atoms with Crippen LogP contribution in [0.3, 0.4) is 0 Å². The van der Waals surface area contributed by atoms with Crippen molar-refractivity contribution in [3.63, 3.8) is 0 Å². The van der Waals surface area contributed by atoms with E-state index in [1.165, 1.54) is 38.7 Å². The number of carbonyl (C=O) groups excluding carboxylic acids is 5. The smallest absolute Gasteiger partial charge is 0.350 e. The molecule has 0 saturated carbocycles. The van der Waals surface area contributed by atoms with Crippen molar-refractivity contribution in [3.8, 4) is 0 Å². The van der Waals surface area contributed by atoms with Crippen LogP contribution in [0.2, 0.25) is 0 Å². The number of hydrogen-bond acceptors (Lipinski definition) is 16. The fourth-order valence-electron chi connectivity index (χ4n) is 5.09. The molecule has 1 saturated heterocycles. The van der Waals surface area contributed by atoms with E-state index >= 15 is 0 Å². The van der Waals surface area contributed by atoms with Gasteiger partial charge in [-0.05, 0) is 27.2 Å². The lowest BCUT2D eigenvalue weighted by atomic mass is 9.89. The Kier molecular flexibility index (Phi) is 11.9. The van der Waals surface area contributed by atoms with Gasteiger partial charge in [0.1, 0.15) is 11.6 Å². The van der Waals surface area contributed by atoms with Crippen LogP contribution in [0.15, 0.2) is 27.6 Å². The third kappa shape index (κ3) is 8.59. The third-order valence-electron chi connectivity index (χ3n) is 7.91. The van der Waals surface area contributed by atoms with E-state index in [4.69, 9.17) is 16.3 Å². The number of ketones is 3. The van der Waals surface area contributed by atoms with Gasteiger partial charge in [-0.25, -0.2) is 4.79 Å². The Morgan fingerprint density at radius 3 is 2.60 bits per heavy atom. The number of anilines is 2. The molecule has 0 bridgehead atoms. The summed E-state index contributed by atoms with van der Waals surface area (Å²) in [5, 5.41) is 24.8. The number of carboxylic acids is 2. The summed E-state index contributed by atoms with van der Waals surface area (Å²) in [6.45, 7) is 4.36. The molecule has 0 radical (unpaired) electrons. The number of aliphatic imine (C=N–C) groups is 1. The average Bonchev–Trinajstić information content (AvgIpc) is 3.58. The zero-order chi connectivity index (χ0) is 36.9. The quantitative estimate of drug-likeness (QED) is 0.0549. The summed E-state index contributed by atoms with van der Waals surface area (Å²) in [7, 11) is 1.66. The van der Waals surface area contributed by atoms with E-state index in [1.54, 1.807) is 22.6 Å². The van der Waals surface area contributed by atoms with Gasteiger partial charge >= 0.3 is 5.97 Å². The first-order valence-corrected chi connectivity index (χ1v) is 17.2. The van der Waals surface area contributed by atoms with Gasteiger partial charge in [0.2, 0.25) is 23.5 Å². The minimum atomic E-state index is -1.80. The molecule has 2 aromatic heterocycles. The van der Waals surface area contributed by atoms with Crippen LogP contribution in [0.5, 0.6) is 0 Å². The molecule has 1 amide bonds. The number of amides is 1. The maximum Gasteiger partial charge on any atom is 0.350 e. The number of nitrogens with two attached hydrogens (primary N) is 2. The van der Waals surface area contributed by atoms with Crippen molar-refractivity contribution in [2.75, 3.05) is 23.8 Å². The number of fused-ring (bicyclic) bond motifs is 1. The lowest BCUT2D eigenvalue weighted by Crippen LogP contribution is -2.63. The number of hydrogen-bond donors (Lipinski definition) is 3. The molecular weight excluding hydrogens is 695 g/mol. The maximum atomic E-state index is 13.4. The minimum Gasteiger partial charge on any atom is -0.543 e. The van der Waals surface area contributed by atoms with Gasteiger partial charge in [-0.2, -0.15) is 9.36 Å². The Hall–Kier alpha value is -4.98. The number of aromatic nitrogens is 4. The molecule has 50 heavy (non-hydrogen) atoms. The molecule has 2 aliphatic rings. The number of carboxylic acid groups (broad SMARTS) is 2. The van der Waals surface area contributed by atoms with E-state index in [2.05, 4.69) is 19.5 Å². The van der Waals surface area contributed by atoms with E-state index in [1.807, 2.05) is 0 Å². The van der Waals surface area contributed by atoms with Crippen LogP contribution >= 0.6 is 23.3 Å². The van der Waals surface area contributed by atoms with Crippen LogP contribution in [-0.2, 0) is 53.6 Å². The van der Waals surface area contributed by atoms with Gasteiger partial charge in [-0.15, -0.1) is 21.1 Å². The topological polar surface area (TPSA) is 270 Å². The largest absolute Gasteiger partial charge is 0.543 e. The molecule has 2 aromatic rings. The summed E-state index contributed by atoms with van der Waals surface area (Å²) < 4.78 is 7.19. The number of nitrogen functional groups attached to an aromatic ring is 2. The predicted molar refractivity (Wildman–Crippen MR) is 179 cm³/mol. The van der Waals surface area contributed by atoms with Gasteiger partial charge in [-0.1, -0.05) is 5.16 Å². The molecule has 0 aliphatic carbocycles. The van der Waals surface area contributed by atoms with Crippen LogP contribution in [0, 0.1) is 5.92 Å². The highest BCUT2D eigenvalue weighted by Crippen LogP contribution is 2.45. The second-order valence-electron chi connectivity index (χ2n) is 12.2. The number of β-lactam (4-membered cyclic amide) rings is 1. The van der Waals surface area contributed by atoms with Gasteiger partial charge in [0.25, 0.3) is 0 Å². The zero-order valence-corrected chi connectivity index (χ0v) is 29.4. The number of nitrogens with zero attached hydrogens (tertiary/aromatic N) is 7. The summed E-state index contributed by atoms with van der Waals surface area (Å²) in [6, 6.07) is 0. The normalized spacial score (nSPS) is 17.9. The lowest BCUT2D eigenvalue weighted by molar-refractivity contribution is -0.765. The van der Waals surface area contributed by atoms with Gasteiger partial charge in [-0.3, -0.25) is 29.1 Å². The van der Waals surface area contributed by atoms with Crippen LogP contribution in [-0.4, -0.2) is 94.4 Å². The summed E-state index contributed by atoms with van der Waals surface area (Å²) in [5.41, 5.74) is 10.3. The number of oxime groups is 1. The Labute approximate surface area is 294 Å². The Bertz CT molecular complexity index is 1810. The molecule has 18 nitrogen and oxygen atoms in total. The zero-order valence-electron chi connectivity index (χ0n) is 27.8. The van der Waals surface area contributed by atoms with Crippen LogP contribution in [0.25, 0.3) is 0 Å². The first-order valence-electron chi connectivity index (χ1n) is 15.3. The van der Waals surface area contributed by atoms with Crippen molar-refractivity contribution < 1.29 is 48.5 Å². The molecular formula is C30H37N9O9S2. The van der Waals surface area contributed by atoms with Crippen molar-refractivity contribution in [2.45, 2.75) is 70.4 Å². The maximum absolute atomic E-state index is 13.4. The van der Waals surface area contributed by atoms with Gasteiger partial charge in [0.15, 0.2) is 29.0 Å². The van der Waals surface area contributed by atoms with Crippen LogP contribution in [0.4, 0.5) is 10.9 Å². The van der Waals surface area contributed by atoms with E-state index in [-0.39, 0.29) is 59.8 Å². The van der Waals surface area contributed by atoms with Crippen LogP contribution < -0.4 is 21.3 Å². The van der Waals surface area contributed by atoms with Gasteiger partial charge in [0.05, 0.1) is 35.6 Å². The highest BCUT2D eigenvalue weighted by molar-refractivity contribution is 8.00. The standard InChI is InChI=1S/C30H37N9O9S2/c1-15(40)7-9-33-8-5-6-18(41)10-16-12-38(37(4)23(16)31)13-17-14-49-26-19(25(43)39(26)22(17)27(44)45)11-20(42)21(24-34-29(32)50-36-24)35-48-30(2,3)28(46)47/h9,12,19,26,31H,5-8,10-11,13-14H2,1-4H3,(H4,32,34,36,44,45,46,47)/b33-9?,35-21+/t19-,26-/m1/s1. The summed E-state index contributed by atoms with van der Waals surface area (Å²) in [5.74, 6) is -4.97. The van der Waals surface area contributed by atoms with Crippen molar-refractivity contribution >= 4 is 81.4 Å². The minimum absolute atomic E-state index is 0.00367. The van der Waals surface area contributed by atoms with Crippen molar-refractivity contribution in [2.24, 2.45) is 23.1 Å². The molecule has 4 heterocycles. The van der Waals surface area contributed by atoms with Crippen LogP contribution in [0.1, 0.15) is 57.8 Å². The first-order chi connectivity index (χ1) is 23.5. The third-order valence-corrected chi connectivity index (χ3v) is 9.85. The Morgan fingerprint density at radius 1 is 1.26 bits per heavy atom. The second-order valence-corrected chi connectivity index (χ2v) is 14.0. The molecule has 0 spiro atoms. The summed E-state index contributed by atoms with van der Waals surface area (Å²) in [6.07, 6.45) is 3.86. The SMILES string of the molecule is CC(=O)CC=NCCCC(=O)Cc1c[n+](CC2=C(C(=O)[O-])N3C(=O)[C@@H](CC(=O)/C(=N\OC(C)(C)C(=O)O)c4nsc(N)n4)[C@H]3SC2)n(C)c1N. The Morgan fingerprint density at radius 2 is 1.98 bits per heavy atom. The highest BCUT2D eigenvalue weighted by atomic mass is 32.2. The van der Waals surface area contributed by atoms with Crippen molar-refractivity contribution in [3.05, 3.63) is 28.9 Å². The molecule has 1 fully saturated rings. The molecule has 268 valence electrons. The fourth-order valence-corrected chi connectivity index (χ4v) is 6.92. The summed E-state index contributed by atoms with van der Waals surface area (Å²) in [4.78, 5) is 88.5. The molecule has 0 unspecified atom stereocenters. The highest BCUT2D eigenvalue weighted by Gasteiger charge is 2.53. The number of rotatable bonds is 18. The fraction of sp³-hybridized carbons (Fsp3) is 0.500. The van der Waals surface area contributed by atoms with Crippen molar-refractivity contribution in [1.82, 2.24) is 18.9 Å². The summed E-state index contributed by atoms with van der Waals surface area (Å²) >= 11 is 2.04. The molecule has 4 rings (SSSR count). The second kappa shape index (κ2) is 15.7. The number of carbonyl (C=O) groups is 6. The first kappa shape index (κ1) is 37.8. The van der Waals surface area contributed by atoms with Gasteiger partial charge in [0, 0.05) is 61.3 Å². The number of thioether (sulfide) groups is 1. The van der Waals surface area contributed by atoms with Gasteiger partial charge < -0.3 is 31.3 Å². The van der Waals surface area contributed by atoms with E-state index in [0.717, 1.165) is 16.4 Å². The number of Topliss-reactive ketones (excluding diaryl/α,β-unsaturated/α-hetero) is 3. The van der Waals surface area contributed by atoms with E-state index in [0.29, 0.717) is 29.9 Å². The molecule has 20 heteroatoms.